The summed E-state index contributed by atoms with van der Waals surface area (Å²) in [6, 6.07) is 34.1. The molecule has 2 aromatic heterocycles. The van der Waals surface area contributed by atoms with Gasteiger partial charge in [-0.1, -0.05) is 72.8 Å². The van der Waals surface area contributed by atoms with E-state index in [1.807, 2.05) is 24.5 Å². The van der Waals surface area contributed by atoms with E-state index in [0.29, 0.717) is 0 Å². The van der Waals surface area contributed by atoms with Crippen LogP contribution in [0, 0.1) is 0 Å². The van der Waals surface area contributed by atoms with Crippen LogP contribution in [0.2, 0.25) is 0 Å². The highest BCUT2D eigenvalue weighted by Crippen LogP contribution is 2.19. The van der Waals surface area contributed by atoms with Crippen LogP contribution in [0.4, 0.5) is 0 Å². The molecule has 0 aliphatic carbocycles. The van der Waals surface area contributed by atoms with Crippen LogP contribution in [0.15, 0.2) is 109 Å². The van der Waals surface area contributed by atoms with Gasteiger partial charge in [-0.2, -0.15) is 0 Å². The maximum Gasteiger partial charge on any atom is 0.0422 e. The highest BCUT2D eigenvalue weighted by Gasteiger charge is 2.14. The zero-order valence-corrected chi connectivity index (χ0v) is 19.0. The summed E-state index contributed by atoms with van der Waals surface area (Å²) in [5.41, 5.74) is 4.81. The van der Waals surface area contributed by atoms with Crippen molar-refractivity contribution in [1.82, 2.24) is 20.6 Å². The lowest BCUT2D eigenvalue weighted by Gasteiger charge is -2.21. The fourth-order valence-electron chi connectivity index (χ4n) is 4.08. The lowest BCUT2D eigenvalue weighted by molar-refractivity contribution is 0.475. The summed E-state index contributed by atoms with van der Waals surface area (Å²) in [4.78, 5) is 9.05. The first-order valence-electron chi connectivity index (χ1n) is 11.7. The van der Waals surface area contributed by atoms with Crippen molar-refractivity contribution in [3.8, 4) is 0 Å². The molecule has 33 heavy (non-hydrogen) atoms. The maximum atomic E-state index is 4.53. The molecule has 0 bridgehead atoms. The molecule has 2 heterocycles. The third kappa shape index (κ3) is 7.35. The van der Waals surface area contributed by atoms with Gasteiger partial charge >= 0.3 is 0 Å². The second kappa shape index (κ2) is 12.6. The SMILES string of the molecule is c1ccc([C@H](Cc2ccccn2)NCCCN[C@H](Cc2ccccn2)c2ccccc2)cc1. The lowest BCUT2D eigenvalue weighted by atomic mass is 10.0. The largest absolute Gasteiger partial charge is 0.310 e. The standard InChI is InChI=1S/C29H32N4/c1-3-12-24(13-4-1)28(22-26-16-7-9-18-30-26)32-20-11-21-33-29(25-14-5-2-6-15-25)23-27-17-8-10-19-31-27/h1-10,12-19,28-29,32-33H,11,20-23H2/t28-,29+. The van der Waals surface area contributed by atoms with Crippen LogP contribution in [-0.4, -0.2) is 23.1 Å². The molecular weight excluding hydrogens is 404 g/mol. The van der Waals surface area contributed by atoms with Gasteiger partial charge in [0.1, 0.15) is 0 Å². The van der Waals surface area contributed by atoms with Gasteiger partial charge in [-0.15, -0.1) is 0 Å². The number of nitrogens with zero attached hydrogens (tertiary/aromatic N) is 2. The van der Waals surface area contributed by atoms with Gasteiger partial charge in [0.25, 0.3) is 0 Å². The van der Waals surface area contributed by atoms with Gasteiger partial charge in [-0.05, 0) is 54.9 Å². The van der Waals surface area contributed by atoms with Crippen molar-refractivity contribution in [1.29, 1.82) is 0 Å². The number of aromatic nitrogens is 2. The van der Waals surface area contributed by atoms with Gasteiger partial charge in [-0.25, -0.2) is 0 Å². The van der Waals surface area contributed by atoms with Crippen LogP contribution in [0.25, 0.3) is 0 Å². The fraction of sp³-hybridized carbons (Fsp3) is 0.241. The molecular formula is C29H32N4. The van der Waals surface area contributed by atoms with Gasteiger partial charge in [0.05, 0.1) is 0 Å². The summed E-state index contributed by atoms with van der Waals surface area (Å²) in [7, 11) is 0. The minimum atomic E-state index is 0.250. The molecule has 0 aliphatic heterocycles. The molecule has 4 heteroatoms. The van der Waals surface area contributed by atoms with Crippen molar-refractivity contribution in [2.75, 3.05) is 13.1 Å². The summed E-state index contributed by atoms with van der Waals surface area (Å²) < 4.78 is 0. The van der Waals surface area contributed by atoms with E-state index in [9.17, 15) is 0 Å². The van der Waals surface area contributed by atoms with E-state index in [4.69, 9.17) is 0 Å². The summed E-state index contributed by atoms with van der Waals surface area (Å²) >= 11 is 0. The van der Waals surface area contributed by atoms with Crippen LogP contribution in [0.3, 0.4) is 0 Å². The molecule has 2 N–H and O–H groups in total. The molecule has 4 rings (SSSR count). The predicted molar refractivity (Wildman–Crippen MR) is 135 cm³/mol. The van der Waals surface area contributed by atoms with E-state index in [1.165, 1.54) is 11.1 Å². The Balaban J connectivity index is 1.32. The van der Waals surface area contributed by atoms with Crippen molar-refractivity contribution in [2.24, 2.45) is 0 Å². The Bertz CT molecular complexity index is 953. The quantitative estimate of drug-likeness (QED) is 0.295. The van der Waals surface area contributed by atoms with Gasteiger partial charge < -0.3 is 10.6 Å². The van der Waals surface area contributed by atoms with Crippen molar-refractivity contribution < 1.29 is 0 Å². The Morgan fingerprint density at radius 2 is 0.939 bits per heavy atom. The Hall–Kier alpha value is -3.34. The highest BCUT2D eigenvalue weighted by molar-refractivity contribution is 5.22. The molecule has 0 radical (unpaired) electrons. The fourth-order valence-corrected chi connectivity index (χ4v) is 4.08. The number of benzene rings is 2. The number of pyridine rings is 2. The minimum absolute atomic E-state index is 0.250. The van der Waals surface area contributed by atoms with Crippen molar-refractivity contribution in [3.63, 3.8) is 0 Å². The van der Waals surface area contributed by atoms with Gasteiger partial charge in [-0.3, -0.25) is 9.97 Å². The number of hydrogen-bond acceptors (Lipinski definition) is 4. The third-order valence-electron chi connectivity index (χ3n) is 5.82. The number of hydrogen-bond donors (Lipinski definition) is 2. The molecule has 4 nitrogen and oxygen atoms in total. The molecule has 0 saturated heterocycles. The molecule has 4 aromatic rings. The minimum Gasteiger partial charge on any atom is -0.310 e. The molecule has 0 amide bonds. The molecule has 0 aliphatic rings. The van der Waals surface area contributed by atoms with Crippen molar-refractivity contribution in [2.45, 2.75) is 31.3 Å². The second-order valence-corrected chi connectivity index (χ2v) is 8.24. The zero-order chi connectivity index (χ0) is 22.6. The molecule has 168 valence electrons. The Morgan fingerprint density at radius 1 is 0.515 bits per heavy atom. The summed E-state index contributed by atoms with van der Waals surface area (Å²) in [6.45, 7) is 1.87. The summed E-state index contributed by atoms with van der Waals surface area (Å²) in [6.07, 6.45) is 6.53. The van der Waals surface area contributed by atoms with E-state index in [2.05, 4.69) is 106 Å². The smallest absolute Gasteiger partial charge is 0.0422 e. The first-order chi connectivity index (χ1) is 16.4. The van der Waals surface area contributed by atoms with Crippen LogP contribution >= 0.6 is 0 Å². The molecule has 0 fully saturated rings. The monoisotopic (exact) mass is 436 g/mol. The predicted octanol–water partition coefficient (Wildman–Crippen LogP) is 5.31. The normalized spacial score (nSPS) is 12.8. The van der Waals surface area contributed by atoms with Gasteiger partial charge in [0, 0.05) is 48.7 Å². The van der Waals surface area contributed by atoms with Crippen molar-refractivity contribution in [3.05, 3.63) is 132 Å². The number of rotatable bonds is 12. The average molecular weight is 437 g/mol. The van der Waals surface area contributed by atoms with E-state index in [0.717, 1.165) is 43.7 Å². The molecule has 0 saturated carbocycles. The Morgan fingerprint density at radius 3 is 1.33 bits per heavy atom. The molecule has 0 unspecified atom stereocenters. The molecule has 0 spiro atoms. The summed E-state index contributed by atoms with van der Waals surface area (Å²) in [5, 5.41) is 7.51. The number of nitrogens with one attached hydrogen (secondary N) is 2. The van der Waals surface area contributed by atoms with Crippen molar-refractivity contribution >= 4 is 0 Å². The lowest BCUT2D eigenvalue weighted by Crippen LogP contribution is -2.29. The van der Waals surface area contributed by atoms with E-state index in [1.54, 1.807) is 0 Å². The van der Waals surface area contributed by atoms with Crippen LogP contribution in [0.1, 0.15) is 41.0 Å². The first kappa shape index (κ1) is 22.8. The average Bonchev–Trinajstić information content (AvgIpc) is 2.89. The third-order valence-corrected chi connectivity index (χ3v) is 5.82. The topological polar surface area (TPSA) is 49.8 Å². The zero-order valence-electron chi connectivity index (χ0n) is 19.0. The van der Waals surface area contributed by atoms with Gasteiger partial charge in [0.2, 0.25) is 0 Å². The van der Waals surface area contributed by atoms with E-state index in [-0.39, 0.29) is 12.1 Å². The highest BCUT2D eigenvalue weighted by atomic mass is 14.9. The van der Waals surface area contributed by atoms with Crippen LogP contribution in [0.5, 0.6) is 0 Å². The molecule has 2 atom stereocenters. The van der Waals surface area contributed by atoms with E-state index >= 15 is 0 Å². The molecule has 2 aromatic carbocycles. The Labute approximate surface area is 197 Å². The Kier molecular flexibility index (Phi) is 8.74. The first-order valence-corrected chi connectivity index (χ1v) is 11.7. The summed E-state index contributed by atoms with van der Waals surface area (Å²) in [5.74, 6) is 0. The second-order valence-electron chi connectivity index (χ2n) is 8.24. The van der Waals surface area contributed by atoms with E-state index < -0.39 is 0 Å². The van der Waals surface area contributed by atoms with Crippen LogP contribution < -0.4 is 10.6 Å². The van der Waals surface area contributed by atoms with Gasteiger partial charge in [0.15, 0.2) is 0 Å². The maximum absolute atomic E-state index is 4.53. The van der Waals surface area contributed by atoms with Crippen LogP contribution in [-0.2, 0) is 12.8 Å².